The van der Waals surface area contributed by atoms with Gasteiger partial charge < -0.3 is 5.32 Å². The first kappa shape index (κ1) is 9.92. The normalized spacial score (nSPS) is 10.9. The fourth-order valence-electron chi connectivity index (χ4n) is 1.64. The molecule has 0 fully saturated rings. The second-order valence-electron chi connectivity index (χ2n) is 3.61. The average Bonchev–Trinajstić information content (AvgIpc) is 2.73. The highest BCUT2D eigenvalue weighted by molar-refractivity contribution is 5.60. The lowest BCUT2D eigenvalue weighted by Crippen LogP contribution is -2.05. The van der Waals surface area contributed by atoms with Gasteiger partial charge in [0, 0.05) is 44.2 Å². The van der Waals surface area contributed by atoms with Gasteiger partial charge in [-0.25, -0.2) is 0 Å². The lowest BCUT2D eigenvalue weighted by Gasteiger charge is -1.97. The molecule has 0 aromatic carbocycles. The van der Waals surface area contributed by atoms with Gasteiger partial charge in [0.25, 0.3) is 0 Å². The summed E-state index contributed by atoms with van der Waals surface area (Å²) in [5, 5.41) is 11.7. The molecule has 0 bridgehead atoms. The van der Waals surface area contributed by atoms with E-state index in [1.54, 1.807) is 4.68 Å². The van der Waals surface area contributed by atoms with Crippen LogP contribution in [0.15, 0.2) is 18.6 Å². The first-order valence-corrected chi connectivity index (χ1v) is 4.87. The van der Waals surface area contributed by atoms with Crippen molar-refractivity contribution in [1.29, 1.82) is 0 Å². The summed E-state index contributed by atoms with van der Waals surface area (Å²) in [6, 6.07) is 0. The van der Waals surface area contributed by atoms with Crippen molar-refractivity contribution < 1.29 is 0 Å². The molecule has 0 aliphatic carbocycles. The molecule has 5 nitrogen and oxygen atoms in total. The van der Waals surface area contributed by atoms with Gasteiger partial charge in [0.1, 0.15) is 0 Å². The predicted octanol–water partition coefficient (Wildman–Crippen LogP) is 0.540. The Balaban J connectivity index is 2.42. The summed E-state index contributed by atoms with van der Waals surface area (Å²) < 4.78 is 3.61. The van der Waals surface area contributed by atoms with Gasteiger partial charge in [-0.05, 0) is 7.05 Å². The first-order chi connectivity index (χ1) is 7.20. The van der Waals surface area contributed by atoms with Gasteiger partial charge in [0.2, 0.25) is 0 Å². The highest BCUT2D eigenvalue weighted by atomic mass is 15.3. The van der Waals surface area contributed by atoms with E-state index in [1.807, 2.05) is 44.4 Å². The number of aryl methyl sites for hydroxylation is 2. The Morgan fingerprint density at radius 1 is 1.27 bits per heavy atom. The molecule has 0 radical (unpaired) electrons. The molecule has 0 saturated heterocycles. The molecule has 0 spiro atoms. The summed E-state index contributed by atoms with van der Waals surface area (Å²) in [7, 11) is 5.77. The lowest BCUT2D eigenvalue weighted by atomic mass is 10.1. The van der Waals surface area contributed by atoms with E-state index in [9.17, 15) is 0 Å². The molecule has 5 heteroatoms. The molecule has 80 valence electrons. The molecule has 15 heavy (non-hydrogen) atoms. The summed E-state index contributed by atoms with van der Waals surface area (Å²) in [5.41, 5.74) is 3.25. The molecular formula is C10H15N5. The van der Waals surface area contributed by atoms with Gasteiger partial charge in [-0.3, -0.25) is 9.36 Å². The van der Waals surface area contributed by atoms with E-state index in [0.717, 1.165) is 17.8 Å². The van der Waals surface area contributed by atoms with E-state index >= 15 is 0 Å². The molecule has 0 unspecified atom stereocenters. The van der Waals surface area contributed by atoms with Crippen molar-refractivity contribution in [2.75, 3.05) is 7.05 Å². The van der Waals surface area contributed by atoms with Crippen molar-refractivity contribution >= 4 is 0 Å². The Bertz CT molecular complexity index is 454. The molecule has 2 aromatic rings. The van der Waals surface area contributed by atoms with Crippen LogP contribution in [0.2, 0.25) is 0 Å². The molecule has 0 amide bonds. The van der Waals surface area contributed by atoms with Crippen molar-refractivity contribution in [3.8, 4) is 11.3 Å². The summed E-state index contributed by atoms with van der Waals surface area (Å²) in [4.78, 5) is 0. The summed E-state index contributed by atoms with van der Waals surface area (Å²) >= 11 is 0. The molecule has 0 aliphatic heterocycles. The number of nitrogens with zero attached hydrogens (tertiary/aromatic N) is 4. The third-order valence-corrected chi connectivity index (χ3v) is 2.25. The van der Waals surface area contributed by atoms with Crippen LogP contribution >= 0.6 is 0 Å². The highest BCUT2D eigenvalue weighted by Crippen LogP contribution is 2.20. The third kappa shape index (κ3) is 1.92. The molecule has 2 aromatic heterocycles. The van der Waals surface area contributed by atoms with E-state index in [2.05, 4.69) is 15.5 Å². The van der Waals surface area contributed by atoms with Crippen LogP contribution < -0.4 is 5.32 Å². The van der Waals surface area contributed by atoms with Gasteiger partial charge in [-0.2, -0.15) is 10.2 Å². The van der Waals surface area contributed by atoms with Crippen molar-refractivity contribution in [3.05, 3.63) is 24.2 Å². The van der Waals surface area contributed by atoms with Crippen molar-refractivity contribution in [3.63, 3.8) is 0 Å². The van der Waals surface area contributed by atoms with Gasteiger partial charge in [-0.15, -0.1) is 0 Å². The molecule has 0 atom stereocenters. The highest BCUT2D eigenvalue weighted by Gasteiger charge is 2.10. The Hall–Kier alpha value is -1.62. The number of hydrogen-bond donors (Lipinski definition) is 1. The fourth-order valence-corrected chi connectivity index (χ4v) is 1.64. The minimum Gasteiger partial charge on any atom is -0.316 e. The Kier molecular flexibility index (Phi) is 2.55. The number of nitrogens with one attached hydrogen (secondary N) is 1. The predicted molar refractivity (Wildman–Crippen MR) is 58.2 cm³/mol. The maximum Gasteiger partial charge on any atom is 0.0999 e. The quantitative estimate of drug-likeness (QED) is 0.795. The first-order valence-electron chi connectivity index (χ1n) is 4.87. The average molecular weight is 205 g/mol. The van der Waals surface area contributed by atoms with Gasteiger partial charge in [0.15, 0.2) is 0 Å². The van der Waals surface area contributed by atoms with Crippen molar-refractivity contribution in [1.82, 2.24) is 24.9 Å². The van der Waals surface area contributed by atoms with Crippen LogP contribution in [0.1, 0.15) is 5.56 Å². The molecule has 1 N–H and O–H groups in total. The largest absolute Gasteiger partial charge is 0.316 e. The maximum atomic E-state index is 4.44. The number of hydrogen-bond acceptors (Lipinski definition) is 3. The lowest BCUT2D eigenvalue weighted by molar-refractivity contribution is 0.764. The Morgan fingerprint density at radius 3 is 2.67 bits per heavy atom. The second-order valence-corrected chi connectivity index (χ2v) is 3.61. The van der Waals surface area contributed by atoms with E-state index in [-0.39, 0.29) is 0 Å². The van der Waals surface area contributed by atoms with Gasteiger partial charge in [0.05, 0.1) is 11.9 Å². The smallest absolute Gasteiger partial charge is 0.0999 e. The Morgan fingerprint density at radius 2 is 2.07 bits per heavy atom. The number of aromatic nitrogens is 4. The van der Waals surface area contributed by atoms with Gasteiger partial charge in [-0.1, -0.05) is 0 Å². The zero-order chi connectivity index (χ0) is 10.8. The molecule has 0 saturated carbocycles. The van der Waals surface area contributed by atoms with Crippen LogP contribution in [0.4, 0.5) is 0 Å². The Labute approximate surface area is 88.7 Å². The van der Waals surface area contributed by atoms with E-state index in [4.69, 9.17) is 0 Å². The third-order valence-electron chi connectivity index (χ3n) is 2.25. The van der Waals surface area contributed by atoms with Crippen molar-refractivity contribution in [2.24, 2.45) is 14.1 Å². The maximum absolute atomic E-state index is 4.44. The second kappa shape index (κ2) is 3.86. The standard InChI is InChI=1S/C10H15N5/c1-11-4-8-7-15(3)13-10(8)9-5-12-14(2)6-9/h5-7,11H,4H2,1-3H3. The fraction of sp³-hybridized carbons (Fsp3) is 0.400. The molecule has 2 heterocycles. The molecule has 0 aliphatic rings. The minimum atomic E-state index is 0.818. The van der Waals surface area contributed by atoms with E-state index < -0.39 is 0 Å². The van der Waals surface area contributed by atoms with E-state index in [1.165, 1.54) is 5.56 Å². The van der Waals surface area contributed by atoms with Crippen LogP contribution in [-0.2, 0) is 20.6 Å². The van der Waals surface area contributed by atoms with Crippen LogP contribution in [-0.4, -0.2) is 26.6 Å². The number of rotatable bonds is 3. The SMILES string of the molecule is CNCc1cn(C)nc1-c1cnn(C)c1. The topological polar surface area (TPSA) is 47.7 Å². The summed E-state index contributed by atoms with van der Waals surface area (Å²) in [6.07, 6.45) is 5.84. The van der Waals surface area contributed by atoms with Crippen LogP contribution in [0.25, 0.3) is 11.3 Å². The zero-order valence-electron chi connectivity index (χ0n) is 9.23. The van der Waals surface area contributed by atoms with Crippen LogP contribution in [0.3, 0.4) is 0 Å². The van der Waals surface area contributed by atoms with Crippen LogP contribution in [0, 0.1) is 0 Å². The summed E-state index contributed by atoms with van der Waals surface area (Å²) in [6.45, 7) is 0.818. The zero-order valence-corrected chi connectivity index (χ0v) is 9.23. The minimum absolute atomic E-state index is 0.818. The van der Waals surface area contributed by atoms with Crippen LogP contribution in [0.5, 0.6) is 0 Å². The van der Waals surface area contributed by atoms with E-state index in [0.29, 0.717) is 0 Å². The molecule has 2 rings (SSSR count). The monoisotopic (exact) mass is 205 g/mol. The van der Waals surface area contributed by atoms with Crippen molar-refractivity contribution in [2.45, 2.75) is 6.54 Å². The molecular weight excluding hydrogens is 190 g/mol. The summed E-state index contributed by atoms with van der Waals surface area (Å²) in [5.74, 6) is 0. The van der Waals surface area contributed by atoms with Gasteiger partial charge >= 0.3 is 0 Å².